The van der Waals surface area contributed by atoms with Gasteiger partial charge in [-0.15, -0.1) is 0 Å². The van der Waals surface area contributed by atoms with E-state index in [9.17, 15) is 15.0 Å². The van der Waals surface area contributed by atoms with Crippen molar-refractivity contribution in [2.45, 2.75) is 31.5 Å². The zero-order chi connectivity index (χ0) is 11.2. The van der Waals surface area contributed by atoms with E-state index < -0.39 is 12.2 Å². The molecule has 0 saturated heterocycles. The zero-order valence-corrected chi connectivity index (χ0v) is 8.84. The first-order valence-electron chi connectivity index (χ1n) is 5.06. The van der Waals surface area contributed by atoms with Crippen LogP contribution in [0.1, 0.15) is 47.0 Å². The number of hydrogen-bond donors (Lipinski definition) is 2. The maximum Gasteiger partial charge on any atom is 0.151 e. The second-order valence-corrected chi connectivity index (χ2v) is 4.22. The minimum absolute atomic E-state index is 0.0397. The van der Waals surface area contributed by atoms with Crippen molar-refractivity contribution in [1.82, 2.24) is 4.57 Å². The summed E-state index contributed by atoms with van der Waals surface area (Å²) in [5.41, 5.74) is 2.08. The van der Waals surface area contributed by atoms with Crippen molar-refractivity contribution in [2.75, 3.05) is 0 Å². The SMILES string of the molecule is CC1c2c(c(C=O)cn2C)C(O)CC1O. The smallest absolute Gasteiger partial charge is 0.151 e. The number of aliphatic hydroxyl groups excluding tert-OH is 2. The number of hydrogen-bond acceptors (Lipinski definition) is 3. The van der Waals surface area contributed by atoms with E-state index in [4.69, 9.17) is 0 Å². The Kier molecular flexibility index (Phi) is 2.40. The fourth-order valence-electron chi connectivity index (χ4n) is 2.44. The molecular weight excluding hydrogens is 194 g/mol. The molecule has 0 bridgehead atoms. The van der Waals surface area contributed by atoms with Crippen molar-refractivity contribution in [1.29, 1.82) is 0 Å². The van der Waals surface area contributed by atoms with Crippen LogP contribution in [-0.2, 0) is 7.05 Å². The van der Waals surface area contributed by atoms with E-state index in [1.807, 2.05) is 18.5 Å². The molecule has 1 heterocycles. The Morgan fingerprint density at radius 2 is 2.20 bits per heavy atom. The van der Waals surface area contributed by atoms with Gasteiger partial charge in [-0.2, -0.15) is 0 Å². The number of carbonyl (C=O) groups is 1. The summed E-state index contributed by atoms with van der Waals surface area (Å²) in [5, 5.41) is 19.6. The van der Waals surface area contributed by atoms with Crippen molar-refractivity contribution in [2.24, 2.45) is 7.05 Å². The van der Waals surface area contributed by atoms with Crippen LogP contribution in [0, 0.1) is 0 Å². The Labute approximate surface area is 88.1 Å². The summed E-state index contributed by atoms with van der Waals surface area (Å²) in [5.74, 6) is -0.0397. The molecule has 15 heavy (non-hydrogen) atoms. The molecular formula is C11H15NO3. The van der Waals surface area contributed by atoms with Gasteiger partial charge in [0, 0.05) is 42.4 Å². The molecule has 2 N–H and O–H groups in total. The summed E-state index contributed by atoms with van der Waals surface area (Å²) < 4.78 is 1.81. The van der Waals surface area contributed by atoms with E-state index in [1.54, 1.807) is 6.20 Å². The van der Waals surface area contributed by atoms with Crippen molar-refractivity contribution < 1.29 is 15.0 Å². The van der Waals surface area contributed by atoms with E-state index in [-0.39, 0.29) is 5.92 Å². The summed E-state index contributed by atoms with van der Waals surface area (Å²) in [6.07, 6.45) is 1.49. The molecule has 1 aromatic heterocycles. The van der Waals surface area contributed by atoms with E-state index >= 15 is 0 Å². The highest BCUT2D eigenvalue weighted by atomic mass is 16.3. The topological polar surface area (TPSA) is 62.5 Å². The minimum Gasteiger partial charge on any atom is -0.392 e. The lowest BCUT2D eigenvalue weighted by molar-refractivity contribution is 0.0505. The molecule has 0 radical (unpaired) electrons. The lowest BCUT2D eigenvalue weighted by Crippen LogP contribution is -2.27. The number of aryl methyl sites for hydroxylation is 1. The third-order valence-electron chi connectivity index (χ3n) is 3.23. The molecule has 0 aromatic carbocycles. The van der Waals surface area contributed by atoms with E-state index in [0.29, 0.717) is 17.5 Å². The fraction of sp³-hybridized carbons (Fsp3) is 0.545. The molecule has 4 nitrogen and oxygen atoms in total. The molecule has 3 unspecified atom stereocenters. The van der Waals surface area contributed by atoms with Crippen LogP contribution in [-0.4, -0.2) is 27.2 Å². The van der Waals surface area contributed by atoms with Crippen LogP contribution in [0.5, 0.6) is 0 Å². The first-order chi connectivity index (χ1) is 7.06. The van der Waals surface area contributed by atoms with Crippen LogP contribution < -0.4 is 0 Å². The normalized spacial score (nSPS) is 30.0. The standard InChI is InChI=1S/C11H15NO3/c1-6-8(14)3-9(15)10-7(5-13)4-12(2)11(6)10/h4-6,8-9,14-15H,3H2,1-2H3. The molecule has 0 amide bonds. The van der Waals surface area contributed by atoms with Gasteiger partial charge in [0.1, 0.15) is 0 Å². The van der Waals surface area contributed by atoms with Gasteiger partial charge in [0.2, 0.25) is 0 Å². The van der Waals surface area contributed by atoms with Gasteiger partial charge in [-0.1, -0.05) is 6.92 Å². The minimum atomic E-state index is -0.729. The molecule has 0 aliphatic heterocycles. The Morgan fingerprint density at radius 1 is 1.53 bits per heavy atom. The largest absolute Gasteiger partial charge is 0.392 e. The fourth-order valence-corrected chi connectivity index (χ4v) is 2.44. The Morgan fingerprint density at radius 3 is 2.80 bits per heavy atom. The van der Waals surface area contributed by atoms with E-state index in [0.717, 1.165) is 12.0 Å². The Bertz CT molecular complexity index is 397. The van der Waals surface area contributed by atoms with Gasteiger partial charge < -0.3 is 14.8 Å². The van der Waals surface area contributed by atoms with Crippen LogP contribution in [0.4, 0.5) is 0 Å². The number of nitrogens with zero attached hydrogens (tertiary/aromatic N) is 1. The highest BCUT2D eigenvalue weighted by Crippen LogP contribution is 2.39. The molecule has 2 rings (SSSR count). The van der Waals surface area contributed by atoms with Crippen LogP contribution in [0.15, 0.2) is 6.20 Å². The lowest BCUT2D eigenvalue weighted by atomic mass is 9.83. The summed E-state index contributed by atoms with van der Waals surface area (Å²) in [6, 6.07) is 0. The predicted octanol–water partition coefficient (Wildman–Crippen LogP) is 0.739. The summed E-state index contributed by atoms with van der Waals surface area (Å²) in [4.78, 5) is 10.8. The average Bonchev–Trinajstić information content (AvgIpc) is 2.52. The second kappa shape index (κ2) is 3.47. The highest BCUT2D eigenvalue weighted by molar-refractivity contribution is 5.78. The third kappa shape index (κ3) is 1.41. The first-order valence-corrected chi connectivity index (χ1v) is 5.06. The molecule has 3 atom stereocenters. The van der Waals surface area contributed by atoms with Crippen LogP contribution >= 0.6 is 0 Å². The summed E-state index contributed by atoms with van der Waals surface area (Å²) in [7, 11) is 1.83. The number of fused-ring (bicyclic) bond motifs is 1. The number of aliphatic hydroxyl groups is 2. The maximum atomic E-state index is 10.8. The molecule has 0 spiro atoms. The molecule has 1 aromatic rings. The molecule has 82 valence electrons. The van der Waals surface area contributed by atoms with Crippen LogP contribution in [0.25, 0.3) is 0 Å². The summed E-state index contributed by atoms with van der Waals surface area (Å²) >= 11 is 0. The van der Waals surface area contributed by atoms with Gasteiger partial charge in [-0.25, -0.2) is 0 Å². The second-order valence-electron chi connectivity index (χ2n) is 4.22. The number of aromatic nitrogens is 1. The Balaban J connectivity index is 2.61. The van der Waals surface area contributed by atoms with Gasteiger partial charge in [-0.3, -0.25) is 4.79 Å². The van der Waals surface area contributed by atoms with Gasteiger partial charge in [0.15, 0.2) is 6.29 Å². The maximum absolute atomic E-state index is 10.8. The van der Waals surface area contributed by atoms with Crippen molar-refractivity contribution >= 4 is 6.29 Å². The van der Waals surface area contributed by atoms with Gasteiger partial charge in [-0.05, 0) is 0 Å². The van der Waals surface area contributed by atoms with Gasteiger partial charge in [0.05, 0.1) is 12.2 Å². The zero-order valence-electron chi connectivity index (χ0n) is 8.84. The number of carbonyl (C=O) groups excluding carboxylic acids is 1. The summed E-state index contributed by atoms with van der Waals surface area (Å²) in [6.45, 7) is 1.91. The number of rotatable bonds is 1. The monoisotopic (exact) mass is 209 g/mol. The predicted molar refractivity (Wildman–Crippen MR) is 54.8 cm³/mol. The molecule has 1 aliphatic carbocycles. The molecule has 0 saturated carbocycles. The highest BCUT2D eigenvalue weighted by Gasteiger charge is 2.34. The van der Waals surface area contributed by atoms with Crippen molar-refractivity contribution in [3.63, 3.8) is 0 Å². The van der Waals surface area contributed by atoms with Gasteiger partial charge in [0.25, 0.3) is 0 Å². The lowest BCUT2D eigenvalue weighted by Gasteiger charge is -2.30. The van der Waals surface area contributed by atoms with Crippen molar-refractivity contribution in [3.8, 4) is 0 Å². The molecule has 0 fully saturated rings. The molecule has 1 aliphatic rings. The third-order valence-corrected chi connectivity index (χ3v) is 3.23. The average molecular weight is 209 g/mol. The Hall–Kier alpha value is -1.13. The quantitative estimate of drug-likeness (QED) is 0.670. The van der Waals surface area contributed by atoms with Gasteiger partial charge >= 0.3 is 0 Å². The number of aldehydes is 1. The molecule has 4 heteroatoms. The van der Waals surface area contributed by atoms with E-state index in [2.05, 4.69) is 0 Å². The van der Waals surface area contributed by atoms with Crippen LogP contribution in [0.2, 0.25) is 0 Å². The van der Waals surface area contributed by atoms with E-state index in [1.165, 1.54) is 0 Å². The van der Waals surface area contributed by atoms with Crippen LogP contribution in [0.3, 0.4) is 0 Å². The van der Waals surface area contributed by atoms with Crippen molar-refractivity contribution in [3.05, 3.63) is 23.0 Å². The first kappa shape index (κ1) is 10.4.